The molecule has 1 aliphatic heterocycles. The van der Waals surface area contributed by atoms with Crippen molar-refractivity contribution in [3.8, 4) is 5.75 Å². The highest BCUT2D eigenvalue weighted by Gasteiger charge is 2.27. The predicted molar refractivity (Wildman–Crippen MR) is 71.2 cm³/mol. The number of methoxy groups -OCH3 is 2. The van der Waals surface area contributed by atoms with E-state index in [2.05, 4.69) is 10.3 Å². The molecule has 100 valence electrons. The van der Waals surface area contributed by atoms with E-state index in [1.54, 1.807) is 7.11 Å². The molecule has 19 heavy (non-hydrogen) atoms. The maximum atomic E-state index is 11.6. The number of carbonyl (C=O) groups excluding carboxylic acids is 1. The number of H-pyrrole nitrogens is 1. The third-order valence-electron chi connectivity index (χ3n) is 3.62. The van der Waals surface area contributed by atoms with Gasteiger partial charge in [-0.25, -0.2) is 0 Å². The van der Waals surface area contributed by atoms with Gasteiger partial charge in [0.05, 0.1) is 14.2 Å². The van der Waals surface area contributed by atoms with Crippen molar-refractivity contribution < 1.29 is 14.3 Å². The van der Waals surface area contributed by atoms with Crippen molar-refractivity contribution in [1.82, 2.24) is 10.3 Å². The Morgan fingerprint density at radius 3 is 2.95 bits per heavy atom. The van der Waals surface area contributed by atoms with Gasteiger partial charge in [-0.2, -0.15) is 0 Å². The van der Waals surface area contributed by atoms with E-state index in [1.807, 2.05) is 18.2 Å². The van der Waals surface area contributed by atoms with Crippen molar-refractivity contribution in [1.29, 1.82) is 0 Å². The van der Waals surface area contributed by atoms with Crippen LogP contribution in [0.2, 0.25) is 0 Å². The van der Waals surface area contributed by atoms with E-state index in [4.69, 9.17) is 9.47 Å². The zero-order chi connectivity index (χ0) is 13.4. The van der Waals surface area contributed by atoms with Gasteiger partial charge < -0.3 is 14.5 Å². The lowest BCUT2D eigenvalue weighted by Crippen LogP contribution is -2.42. The standard InChI is InChI=1S/C14H16N2O3/c1-18-8-3-4-11-9(5-8)10-6-12(14(17)19-2)15-7-13(10)16-11/h3-5,12,15-16H,6-7H2,1-2H3. The average molecular weight is 260 g/mol. The number of benzene rings is 1. The lowest BCUT2D eigenvalue weighted by molar-refractivity contribution is -0.143. The van der Waals surface area contributed by atoms with Crippen molar-refractivity contribution >= 4 is 16.9 Å². The largest absolute Gasteiger partial charge is 0.497 e. The number of esters is 1. The molecule has 1 aromatic heterocycles. The number of aromatic amines is 1. The molecular weight excluding hydrogens is 244 g/mol. The number of nitrogens with one attached hydrogen (secondary N) is 2. The smallest absolute Gasteiger partial charge is 0.323 e. The van der Waals surface area contributed by atoms with Gasteiger partial charge in [-0.3, -0.25) is 10.1 Å². The SMILES string of the molecule is COC(=O)C1Cc2c([nH]c3ccc(OC)cc23)CN1. The summed E-state index contributed by atoms with van der Waals surface area (Å²) in [5, 5.41) is 4.29. The lowest BCUT2D eigenvalue weighted by Gasteiger charge is -2.21. The third kappa shape index (κ3) is 1.96. The molecule has 0 saturated heterocycles. The van der Waals surface area contributed by atoms with Crippen LogP contribution in [-0.4, -0.2) is 31.2 Å². The van der Waals surface area contributed by atoms with Crippen LogP contribution in [0.3, 0.4) is 0 Å². The minimum atomic E-state index is -0.275. The number of aromatic nitrogens is 1. The van der Waals surface area contributed by atoms with E-state index in [9.17, 15) is 4.79 Å². The maximum Gasteiger partial charge on any atom is 0.323 e. The van der Waals surface area contributed by atoms with Gasteiger partial charge in [-0.05, 0) is 23.8 Å². The molecule has 0 spiro atoms. The van der Waals surface area contributed by atoms with Crippen molar-refractivity contribution in [3.63, 3.8) is 0 Å². The van der Waals surface area contributed by atoms with Crippen molar-refractivity contribution in [2.75, 3.05) is 14.2 Å². The fourth-order valence-corrected chi connectivity index (χ4v) is 2.60. The fourth-order valence-electron chi connectivity index (χ4n) is 2.60. The Hall–Kier alpha value is -2.01. The highest BCUT2D eigenvalue weighted by molar-refractivity contribution is 5.87. The molecule has 1 unspecified atom stereocenters. The zero-order valence-corrected chi connectivity index (χ0v) is 10.9. The summed E-state index contributed by atoms with van der Waals surface area (Å²) in [5.41, 5.74) is 3.37. The molecule has 1 aromatic carbocycles. The summed E-state index contributed by atoms with van der Waals surface area (Å²) in [7, 11) is 3.07. The molecule has 5 heteroatoms. The average Bonchev–Trinajstić information content (AvgIpc) is 2.83. The molecule has 1 atom stereocenters. The highest BCUT2D eigenvalue weighted by Crippen LogP contribution is 2.29. The minimum Gasteiger partial charge on any atom is -0.497 e. The minimum absolute atomic E-state index is 0.220. The summed E-state index contributed by atoms with van der Waals surface area (Å²) in [6.07, 6.45) is 0.634. The van der Waals surface area contributed by atoms with Crippen LogP contribution in [-0.2, 0) is 22.5 Å². The zero-order valence-electron chi connectivity index (χ0n) is 10.9. The Balaban J connectivity index is 2.04. The number of rotatable bonds is 2. The molecule has 2 heterocycles. The third-order valence-corrected chi connectivity index (χ3v) is 3.62. The maximum absolute atomic E-state index is 11.6. The monoisotopic (exact) mass is 260 g/mol. The second-order valence-electron chi connectivity index (χ2n) is 4.65. The molecule has 0 bridgehead atoms. The van der Waals surface area contributed by atoms with E-state index in [0.717, 1.165) is 22.3 Å². The molecule has 5 nitrogen and oxygen atoms in total. The van der Waals surface area contributed by atoms with Gasteiger partial charge in [0.1, 0.15) is 11.8 Å². The number of ether oxygens (including phenoxy) is 2. The van der Waals surface area contributed by atoms with Crippen LogP contribution in [0, 0.1) is 0 Å². The summed E-state index contributed by atoms with van der Waals surface area (Å²) in [4.78, 5) is 15.0. The summed E-state index contributed by atoms with van der Waals surface area (Å²) < 4.78 is 10.1. The first-order chi connectivity index (χ1) is 9.22. The van der Waals surface area contributed by atoms with Crippen LogP contribution >= 0.6 is 0 Å². The summed E-state index contributed by atoms with van der Waals surface area (Å²) >= 11 is 0. The Kier molecular flexibility index (Phi) is 2.91. The van der Waals surface area contributed by atoms with Gasteiger partial charge in [0, 0.05) is 29.6 Å². The van der Waals surface area contributed by atoms with Gasteiger partial charge in [-0.15, -0.1) is 0 Å². The summed E-state index contributed by atoms with van der Waals surface area (Å²) in [6, 6.07) is 5.65. The molecule has 3 rings (SSSR count). The first-order valence-electron chi connectivity index (χ1n) is 6.21. The predicted octanol–water partition coefficient (Wildman–Crippen LogP) is 1.36. The molecule has 0 fully saturated rings. The molecule has 0 amide bonds. The van der Waals surface area contributed by atoms with E-state index in [0.29, 0.717) is 13.0 Å². The Morgan fingerprint density at radius 1 is 1.37 bits per heavy atom. The van der Waals surface area contributed by atoms with E-state index < -0.39 is 0 Å². The quantitative estimate of drug-likeness (QED) is 0.800. The van der Waals surface area contributed by atoms with E-state index in [-0.39, 0.29) is 12.0 Å². The first-order valence-corrected chi connectivity index (χ1v) is 6.21. The number of hydrogen-bond acceptors (Lipinski definition) is 4. The van der Waals surface area contributed by atoms with Crippen LogP contribution in [0.5, 0.6) is 5.75 Å². The van der Waals surface area contributed by atoms with Crippen LogP contribution < -0.4 is 10.1 Å². The summed E-state index contributed by atoms with van der Waals surface area (Å²) in [5.74, 6) is 0.602. The molecule has 0 radical (unpaired) electrons. The van der Waals surface area contributed by atoms with Crippen molar-refractivity contribution in [3.05, 3.63) is 29.5 Å². The molecular formula is C14H16N2O3. The summed E-state index contributed by atoms with van der Waals surface area (Å²) in [6.45, 7) is 0.645. The van der Waals surface area contributed by atoms with E-state index >= 15 is 0 Å². The topological polar surface area (TPSA) is 63.4 Å². The molecule has 0 aliphatic carbocycles. The molecule has 0 saturated carbocycles. The number of hydrogen-bond donors (Lipinski definition) is 2. The van der Waals surface area contributed by atoms with Crippen LogP contribution in [0.25, 0.3) is 10.9 Å². The van der Waals surface area contributed by atoms with E-state index in [1.165, 1.54) is 12.7 Å². The Labute approximate surface area is 110 Å². The lowest BCUT2D eigenvalue weighted by atomic mass is 9.98. The van der Waals surface area contributed by atoms with Crippen LogP contribution in [0.15, 0.2) is 18.2 Å². The normalized spacial score (nSPS) is 18.1. The van der Waals surface area contributed by atoms with Crippen molar-refractivity contribution in [2.24, 2.45) is 0 Å². The van der Waals surface area contributed by atoms with Gasteiger partial charge >= 0.3 is 5.97 Å². The van der Waals surface area contributed by atoms with Gasteiger partial charge in [-0.1, -0.05) is 0 Å². The number of fused-ring (bicyclic) bond motifs is 3. The Bertz CT molecular complexity index is 633. The molecule has 2 N–H and O–H groups in total. The van der Waals surface area contributed by atoms with Crippen LogP contribution in [0.4, 0.5) is 0 Å². The first kappa shape index (κ1) is 12.0. The molecule has 2 aromatic rings. The molecule has 1 aliphatic rings. The second-order valence-corrected chi connectivity index (χ2v) is 4.65. The number of carbonyl (C=O) groups is 1. The Morgan fingerprint density at radius 2 is 2.21 bits per heavy atom. The second kappa shape index (κ2) is 4.59. The van der Waals surface area contributed by atoms with Crippen molar-refractivity contribution in [2.45, 2.75) is 19.0 Å². The van der Waals surface area contributed by atoms with Crippen LogP contribution in [0.1, 0.15) is 11.3 Å². The van der Waals surface area contributed by atoms with Gasteiger partial charge in [0.2, 0.25) is 0 Å². The van der Waals surface area contributed by atoms with Gasteiger partial charge in [0.15, 0.2) is 0 Å². The highest BCUT2D eigenvalue weighted by atomic mass is 16.5. The van der Waals surface area contributed by atoms with Gasteiger partial charge in [0.25, 0.3) is 0 Å². The fraction of sp³-hybridized carbons (Fsp3) is 0.357.